The quantitative estimate of drug-likeness (QED) is 0.430. The van der Waals surface area contributed by atoms with Crippen LogP contribution in [0.1, 0.15) is 19.3 Å². The summed E-state index contributed by atoms with van der Waals surface area (Å²) >= 11 is 12.3. The minimum atomic E-state index is -1.19. The second-order valence-corrected chi connectivity index (χ2v) is 12.4. The van der Waals surface area contributed by atoms with Gasteiger partial charge in [-0.15, -0.1) is 0 Å². The average Bonchev–Trinajstić information content (AvgIpc) is 1.92. The number of hydrogen-bond acceptors (Lipinski definition) is 2. The van der Waals surface area contributed by atoms with Crippen LogP contribution in [0.25, 0.3) is 0 Å². The van der Waals surface area contributed by atoms with E-state index in [2.05, 4.69) is 19.6 Å². The fraction of sp³-hybridized carbons (Fsp3) is 1.00. The molecule has 1 rings (SSSR count). The van der Waals surface area contributed by atoms with Gasteiger partial charge in [0.2, 0.25) is 0 Å². The molecule has 1 saturated carbocycles. The normalized spacial score (nSPS) is 45.2. The summed E-state index contributed by atoms with van der Waals surface area (Å²) in [5.41, 5.74) is 12.5. The fourth-order valence-electron chi connectivity index (χ4n) is 1.96. The van der Waals surface area contributed by atoms with Crippen molar-refractivity contribution in [1.82, 2.24) is 0 Å². The lowest BCUT2D eigenvalue weighted by Gasteiger charge is -2.47. The van der Waals surface area contributed by atoms with Crippen LogP contribution in [0.3, 0.4) is 0 Å². The molecule has 84 valence electrons. The molecule has 0 saturated heterocycles. The van der Waals surface area contributed by atoms with Crippen molar-refractivity contribution in [2.45, 2.75) is 54.4 Å². The molecule has 1 aliphatic carbocycles. The Hall–Kier alpha value is 0.717. The molecule has 0 aliphatic heterocycles. The van der Waals surface area contributed by atoms with Crippen LogP contribution >= 0.6 is 23.2 Å². The number of rotatable bonds is 1. The van der Waals surface area contributed by atoms with Gasteiger partial charge in [0.1, 0.15) is 10.00 Å². The molecule has 3 atom stereocenters. The van der Waals surface area contributed by atoms with Gasteiger partial charge in [0.15, 0.2) is 0 Å². The van der Waals surface area contributed by atoms with E-state index in [0.717, 1.165) is 12.8 Å². The summed E-state index contributed by atoms with van der Waals surface area (Å²) in [5, 5.41) is 0. The van der Waals surface area contributed by atoms with Gasteiger partial charge in [-0.1, -0.05) is 42.8 Å². The average molecular weight is 255 g/mol. The largest absolute Gasteiger partial charge is 0.310 e. The van der Waals surface area contributed by atoms with E-state index in [1.54, 1.807) is 0 Å². The number of halogens is 2. The third-order valence-corrected chi connectivity index (χ3v) is 7.37. The lowest BCUT2D eigenvalue weighted by atomic mass is 9.89. The van der Waals surface area contributed by atoms with Crippen LogP contribution in [0.15, 0.2) is 0 Å². The zero-order valence-corrected chi connectivity index (χ0v) is 11.6. The van der Waals surface area contributed by atoms with E-state index < -0.39 is 18.1 Å². The maximum Gasteiger partial charge on any atom is 0.123 e. The van der Waals surface area contributed by atoms with Crippen molar-refractivity contribution in [2.24, 2.45) is 11.5 Å². The van der Waals surface area contributed by atoms with Gasteiger partial charge in [0.25, 0.3) is 0 Å². The number of alkyl halides is 2. The van der Waals surface area contributed by atoms with E-state index in [4.69, 9.17) is 34.7 Å². The molecule has 0 heterocycles. The summed E-state index contributed by atoms with van der Waals surface area (Å²) in [7, 11) is -1.19. The predicted molar refractivity (Wildman–Crippen MR) is 66.5 cm³/mol. The first kappa shape index (κ1) is 12.8. The van der Waals surface area contributed by atoms with Gasteiger partial charge in [-0.2, -0.15) is 0 Å². The van der Waals surface area contributed by atoms with Gasteiger partial charge in [-0.3, -0.25) is 0 Å². The van der Waals surface area contributed by atoms with Crippen molar-refractivity contribution in [3.63, 3.8) is 0 Å². The third kappa shape index (κ3) is 2.45. The highest BCUT2D eigenvalue weighted by Gasteiger charge is 2.50. The van der Waals surface area contributed by atoms with Crippen molar-refractivity contribution >= 4 is 31.3 Å². The Labute approximate surface area is 97.3 Å². The Balaban J connectivity index is 2.78. The zero-order chi connectivity index (χ0) is 11.2. The minimum Gasteiger partial charge on any atom is -0.310 e. The standard InChI is InChI=1S/C9H20Cl2N2Si/c1-14(2,3)7-4-5-8(10,12)9(11,13)6-7/h7H,4-6,12-13H2,1-3H3/t7-,8+,9+/m0/s1. The van der Waals surface area contributed by atoms with Crippen molar-refractivity contribution < 1.29 is 0 Å². The van der Waals surface area contributed by atoms with E-state index in [1.165, 1.54) is 0 Å². The van der Waals surface area contributed by atoms with Gasteiger partial charge in [-0.25, -0.2) is 0 Å². The fourth-order valence-corrected chi connectivity index (χ4v) is 4.50. The Kier molecular flexibility index (Phi) is 3.32. The van der Waals surface area contributed by atoms with Gasteiger partial charge >= 0.3 is 0 Å². The summed E-state index contributed by atoms with van der Waals surface area (Å²) in [6.45, 7) is 7.01. The Morgan fingerprint density at radius 3 is 2.00 bits per heavy atom. The van der Waals surface area contributed by atoms with E-state index in [-0.39, 0.29) is 0 Å². The second-order valence-electron chi connectivity index (χ2n) is 5.53. The monoisotopic (exact) mass is 254 g/mol. The van der Waals surface area contributed by atoms with E-state index in [1.807, 2.05) is 0 Å². The molecule has 1 fully saturated rings. The van der Waals surface area contributed by atoms with Crippen LogP contribution in [-0.2, 0) is 0 Å². The molecular weight excluding hydrogens is 235 g/mol. The molecular formula is C9H20Cl2N2Si. The minimum absolute atomic E-state index is 0.625. The van der Waals surface area contributed by atoms with Gasteiger partial charge < -0.3 is 11.5 Å². The van der Waals surface area contributed by atoms with Crippen LogP contribution in [0.5, 0.6) is 0 Å². The molecule has 0 aromatic rings. The van der Waals surface area contributed by atoms with E-state index in [9.17, 15) is 0 Å². The van der Waals surface area contributed by atoms with Gasteiger partial charge in [0, 0.05) is 8.07 Å². The molecule has 0 radical (unpaired) electrons. The topological polar surface area (TPSA) is 52.0 Å². The first-order valence-electron chi connectivity index (χ1n) is 5.02. The highest BCUT2D eigenvalue weighted by Crippen LogP contribution is 2.48. The third-order valence-electron chi connectivity index (χ3n) is 3.32. The molecule has 0 bridgehead atoms. The Morgan fingerprint density at radius 1 is 1.14 bits per heavy atom. The zero-order valence-electron chi connectivity index (χ0n) is 9.11. The van der Waals surface area contributed by atoms with Crippen molar-refractivity contribution in [1.29, 1.82) is 0 Å². The summed E-state index contributed by atoms with van der Waals surface area (Å²) in [4.78, 5) is -1.89. The molecule has 4 N–H and O–H groups in total. The van der Waals surface area contributed by atoms with Crippen molar-refractivity contribution in [3.05, 3.63) is 0 Å². The Morgan fingerprint density at radius 2 is 1.64 bits per heavy atom. The highest BCUT2D eigenvalue weighted by molar-refractivity contribution is 6.77. The Bertz CT molecular complexity index is 223. The smallest absolute Gasteiger partial charge is 0.123 e. The van der Waals surface area contributed by atoms with Crippen LogP contribution in [-0.4, -0.2) is 18.1 Å². The van der Waals surface area contributed by atoms with E-state index in [0.29, 0.717) is 12.0 Å². The summed E-state index contributed by atoms with van der Waals surface area (Å²) in [5.74, 6) is 0. The maximum atomic E-state index is 6.21. The van der Waals surface area contributed by atoms with Crippen LogP contribution in [0, 0.1) is 0 Å². The lowest BCUT2D eigenvalue weighted by Crippen LogP contribution is -2.62. The molecule has 1 aliphatic rings. The molecule has 0 aromatic carbocycles. The van der Waals surface area contributed by atoms with Gasteiger partial charge in [-0.05, 0) is 24.8 Å². The van der Waals surface area contributed by atoms with E-state index >= 15 is 0 Å². The van der Waals surface area contributed by atoms with Crippen LogP contribution in [0.4, 0.5) is 0 Å². The molecule has 5 heteroatoms. The van der Waals surface area contributed by atoms with Crippen molar-refractivity contribution in [3.8, 4) is 0 Å². The summed E-state index contributed by atoms with van der Waals surface area (Å²) in [6, 6.07) is 0. The van der Waals surface area contributed by atoms with Crippen LogP contribution in [0.2, 0.25) is 25.2 Å². The number of nitrogens with two attached hydrogens (primary N) is 2. The highest BCUT2D eigenvalue weighted by atomic mass is 35.5. The molecule has 14 heavy (non-hydrogen) atoms. The number of hydrogen-bond donors (Lipinski definition) is 2. The second kappa shape index (κ2) is 3.63. The molecule has 0 amide bonds. The molecule has 2 nitrogen and oxygen atoms in total. The molecule has 0 unspecified atom stereocenters. The summed E-state index contributed by atoms with van der Waals surface area (Å²) in [6.07, 6.45) is 2.51. The molecule has 0 spiro atoms. The van der Waals surface area contributed by atoms with Gasteiger partial charge in [0.05, 0.1) is 0 Å². The van der Waals surface area contributed by atoms with Crippen molar-refractivity contribution in [2.75, 3.05) is 0 Å². The summed E-state index contributed by atoms with van der Waals surface area (Å²) < 4.78 is 0. The SMILES string of the molecule is C[Si](C)(C)[C@H]1CC[C@](N)(Cl)[C@@](N)(Cl)C1. The predicted octanol–water partition coefficient (Wildman–Crippen LogP) is 2.67. The van der Waals surface area contributed by atoms with Crippen LogP contribution < -0.4 is 11.5 Å². The first-order chi connectivity index (χ1) is 6.06. The molecule has 0 aromatic heterocycles. The lowest BCUT2D eigenvalue weighted by molar-refractivity contribution is 0.303. The first-order valence-corrected chi connectivity index (χ1v) is 9.35. The maximum absolute atomic E-state index is 6.21.